The Hall–Kier alpha value is -0.870. The predicted octanol–water partition coefficient (Wildman–Crippen LogP) is 2.05. The van der Waals surface area contributed by atoms with Crippen molar-refractivity contribution in [3.05, 3.63) is 17.5 Å². The summed E-state index contributed by atoms with van der Waals surface area (Å²) in [4.78, 5) is 2.38. The zero-order valence-electron chi connectivity index (χ0n) is 12.1. The van der Waals surface area contributed by atoms with E-state index in [9.17, 15) is 5.11 Å². The number of rotatable bonds is 3. The Labute approximate surface area is 115 Å². The third kappa shape index (κ3) is 2.70. The molecule has 1 aromatic rings. The van der Waals surface area contributed by atoms with Gasteiger partial charge in [-0.3, -0.25) is 9.58 Å². The van der Waals surface area contributed by atoms with Gasteiger partial charge < -0.3 is 5.11 Å². The van der Waals surface area contributed by atoms with E-state index in [4.69, 9.17) is 0 Å². The summed E-state index contributed by atoms with van der Waals surface area (Å²) in [5, 5.41) is 15.1. The van der Waals surface area contributed by atoms with Crippen LogP contribution in [0.3, 0.4) is 0 Å². The summed E-state index contributed by atoms with van der Waals surface area (Å²) in [6, 6.07) is 2.64. The largest absolute Gasteiger partial charge is 0.389 e. The Morgan fingerprint density at radius 2 is 1.95 bits per heavy atom. The molecule has 0 unspecified atom stereocenters. The molecule has 0 bridgehead atoms. The number of likely N-dealkylation sites (tertiary alicyclic amines) is 1. The molecule has 2 aliphatic rings. The first-order valence-electron chi connectivity index (χ1n) is 7.53. The normalized spacial score (nSPS) is 24.4. The maximum absolute atomic E-state index is 10.6. The number of aryl methyl sites for hydroxylation is 2. The highest BCUT2D eigenvalue weighted by Gasteiger charge is 2.37. The van der Waals surface area contributed by atoms with Crippen molar-refractivity contribution >= 4 is 0 Å². The zero-order valence-corrected chi connectivity index (χ0v) is 12.1. The van der Waals surface area contributed by atoms with E-state index in [-0.39, 0.29) is 0 Å². The molecule has 1 aliphatic heterocycles. The van der Waals surface area contributed by atoms with Gasteiger partial charge in [0, 0.05) is 25.3 Å². The van der Waals surface area contributed by atoms with Crippen molar-refractivity contribution in [2.45, 2.75) is 57.6 Å². The zero-order chi connectivity index (χ0) is 13.5. The average Bonchev–Trinajstić information content (AvgIpc) is 2.63. The van der Waals surface area contributed by atoms with E-state index in [2.05, 4.69) is 27.7 Å². The van der Waals surface area contributed by atoms with Gasteiger partial charge in [0.1, 0.15) is 0 Å². The van der Waals surface area contributed by atoms with Crippen LogP contribution in [0, 0.1) is 13.8 Å². The van der Waals surface area contributed by atoms with Crippen molar-refractivity contribution in [1.82, 2.24) is 14.7 Å². The Morgan fingerprint density at radius 1 is 1.26 bits per heavy atom. The summed E-state index contributed by atoms with van der Waals surface area (Å²) in [7, 11) is 0. The first-order valence-corrected chi connectivity index (χ1v) is 7.53. The molecule has 2 fully saturated rings. The second kappa shape index (κ2) is 4.91. The molecule has 4 nitrogen and oxygen atoms in total. The lowest BCUT2D eigenvalue weighted by molar-refractivity contribution is -0.0523. The molecule has 0 spiro atoms. The van der Waals surface area contributed by atoms with E-state index in [0.29, 0.717) is 6.04 Å². The molecule has 1 aromatic heterocycles. The summed E-state index contributed by atoms with van der Waals surface area (Å²) in [5.74, 6) is 0. The second-order valence-electron chi connectivity index (χ2n) is 6.50. The molecule has 1 aliphatic carbocycles. The number of hydrogen-bond acceptors (Lipinski definition) is 3. The number of nitrogens with zero attached hydrogens (tertiary/aromatic N) is 3. The predicted molar refractivity (Wildman–Crippen MR) is 75.2 cm³/mol. The molecular weight excluding hydrogens is 238 g/mol. The lowest BCUT2D eigenvalue weighted by Gasteiger charge is -2.45. The lowest BCUT2D eigenvalue weighted by atomic mass is 9.84. The van der Waals surface area contributed by atoms with Crippen molar-refractivity contribution in [2.75, 3.05) is 19.6 Å². The molecule has 4 heteroatoms. The van der Waals surface area contributed by atoms with Gasteiger partial charge in [-0.25, -0.2) is 0 Å². The molecule has 0 radical (unpaired) electrons. The van der Waals surface area contributed by atoms with Gasteiger partial charge in [0.2, 0.25) is 0 Å². The maximum atomic E-state index is 10.6. The standard InChI is InChI=1S/C15H25N3O/c1-12-8-13(2)18(16-12)14-9-17(10-14)11-15(19)6-4-3-5-7-15/h8,14,19H,3-7,9-11H2,1-2H3. The third-order valence-corrected chi connectivity index (χ3v) is 4.63. The molecule has 3 rings (SSSR count). The van der Waals surface area contributed by atoms with Crippen LogP contribution in [0.4, 0.5) is 0 Å². The smallest absolute Gasteiger partial charge is 0.0775 e. The SMILES string of the molecule is Cc1cc(C)n(C2CN(CC3(O)CCCCC3)C2)n1. The molecule has 0 atom stereocenters. The van der Waals surface area contributed by atoms with Gasteiger partial charge in [-0.05, 0) is 32.8 Å². The van der Waals surface area contributed by atoms with Crippen LogP contribution in [0.25, 0.3) is 0 Å². The molecule has 0 amide bonds. The fourth-order valence-corrected chi connectivity index (χ4v) is 3.63. The van der Waals surface area contributed by atoms with Gasteiger partial charge in [0.25, 0.3) is 0 Å². The van der Waals surface area contributed by atoms with Crippen LogP contribution in [0.5, 0.6) is 0 Å². The Morgan fingerprint density at radius 3 is 2.53 bits per heavy atom. The summed E-state index contributed by atoms with van der Waals surface area (Å²) < 4.78 is 2.15. The molecule has 106 valence electrons. The molecular formula is C15H25N3O. The van der Waals surface area contributed by atoms with E-state index in [0.717, 1.165) is 38.2 Å². The second-order valence-corrected chi connectivity index (χ2v) is 6.50. The first-order chi connectivity index (χ1) is 9.06. The first kappa shape index (κ1) is 13.1. The average molecular weight is 263 g/mol. The monoisotopic (exact) mass is 263 g/mol. The van der Waals surface area contributed by atoms with Gasteiger partial charge in [0.15, 0.2) is 0 Å². The number of aliphatic hydroxyl groups is 1. The topological polar surface area (TPSA) is 41.3 Å². The van der Waals surface area contributed by atoms with Gasteiger partial charge >= 0.3 is 0 Å². The van der Waals surface area contributed by atoms with E-state index < -0.39 is 5.60 Å². The minimum atomic E-state index is -0.418. The Balaban J connectivity index is 1.54. The number of aromatic nitrogens is 2. The highest BCUT2D eigenvalue weighted by atomic mass is 16.3. The summed E-state index contributed by atoms with van der Waals surface area (Å²) in [6.07, 6.45) is 5.62. The number of β-amino-alcohol motifs (C(OH)–C–C–N with tert-alkyl or cyclic N) is 1. The van der Waals surface area contributed by atoms with Crippen LogP contribution in [0.15, 0.2) is 6.07 Å². The molecule has 19 heavy (non-hydrogen) atoms. The molecule has 0 aromatic carbocycles. The van der Waals surface area contributed by atoms with Crippen LogP contribution in [0.2, 0.25) is 0 Å². The summed E-state index contributed by atoms with van der Waals surface area (Å²) >= 11 is 0. The number of hydrogen-bond donors (Lipinski definition) is 1. The molecule has 1 N–H and O–H groups in total. The van der Waals surface area contributed by atoms with Crippen molar-refractivity contribution in [2.24, 2.45) is 0 Å². The van der Waals surface area contributed by atoms with E-state index >= 15 is 0 Å². The third-order valence-electron chi connectivity index (χ3n) is 4.63. The van der Waals surface area contributed by atoms with Gasteiger partial charge in [-0.1, -0.05) is 19.3 Å². The van der Waals surface area contributed by atoms with Crippen molar-refractivity contribution in [3.63, 3.8) is 0 Å². The van der Waals surface area contributed by atoms with Crippen LogP contribution in [-0.2, 0) is 0 Å². The van der Waals surface area contributed by atoms with E-state index in [1.54, 1.807) is 0 Å². The van der Waals surface area contributed by atoms with Gasteiger partial charge in [-0.2, -0.15) is 5.10 Å². The Bertz CT molecular complexity index is 442. The quantitative estimate of drug-likeness (QED) is 0.907. The Kier molecular flexibility index (Phi) is 3.39. The fraction of sp³-hybridized carbons (Fsp3) is 0.800. The molecule has 1 saturated carbocycles. The minimum absolute atomic E-state index is 0.418. The van der Waals surface area contributed by atoms with Crippen molar-refractivity contribution in [3.8, 4) is 0 Å². The van der Waals surface area contributed by atoms with Crippen LogP contribution >= 0.6 is 0 Å². The van der Waals surface area contributed by atoms with Gasteiger partial charge in [-0.15, -0.1) is 0 Å². The van der Waals surface area contributed by atoms with Gasteiger partial charge in [0.05, 0.1) is 17.3 Å². The molecule has 2 heterocycles. The highest BCUT2D eigenvalue weighted by Crippen LogP contribution is 2.32. The summed E-state index contributed by atoms with van der Waals surface area (Å²) in [6.45, 7) is 7.08. The van der Waals surface area contributed by atoms with Crippen molar-refractivity contribution in [1.29, 1.82) is 0 Å². The van der Waals surface area contributed by atoms with Crippen LogP contribution in [-0.4, -0.2) is 45.0 Å². The van der Waals surface area contributed by atoms with E-state index in [1.165, 1.54) is 25.0 Å². The minimum Gasteiger partial charge on any atom is -0.389 e. The molecule has 1 saturated heterocycles. The summed E-state index contributed by atoms with van der Waals surface area (Å²) in [5.41, 5.74) is 1.93. The van der Waals surface area contributed by atoms with Crippen LogP contribution in [0.1, 0.15) is 49.5 Å². The maximum Gasteiger partial charge on any atom is 0.0775 e. The fourth-order valence-electron chi connectivity index (χ4n) is 3.63. The van der Waals surface area contributed by atoms with E-state index in [1.807, 2.05) is 6.92 Å². The highest BCUT2D eigenvalue weighted by molar-refractivity contribution is 5.09. The lowest BCUT2D eigenvalue weighted by Crippen LogP contribution is -2.55. The van der Waals surface area contributed by atoms with Crippen molar-refractivity contribution < 1.29 is 5.11 Å². The van der Waals surface area contributed by atoms with Crippen LogP contribution < -0.4 is 0 Å².